The number of phenolic OH excluding ortho intramolecular Hbond substituents is 3. The molecule has 1 spiro atoms. The number of amides is 1. The van der Waals surface area contributed by atoms with Crippen molar-refractivity contribution in [3.8, 4) is 17.2 Å². The van der Waals surface area contributed by atoms with E-state index in [2.05, 4.69) is 20.5 Å². The summed E-state index contributed by atoms with van der Waals surface area (Å²) in [4.78, 5) is 85.9. The van der Waals surface area contributed by atoms with Crippen molar-refractivity contribution in [1.82, 2.24) is 15.4 Å². The lowest BCUT2D eigenvalue weighted by atomic mass is 9.76. The summed E-state index contributed by atoms with van der Waals surface area (Å²) in [5.74, 6) is -7.59. The Bertz CT molecular complexity index is 2340. The molecule has 5 N–H and O–H groups in total. The van der Waals surface area contributed by atoms with Gasteiger partial charge in [0, 0.05) is 24.0 Å². The molecule has 0 radical (unpaired) electrons. The summed E-state index contributed by atoms with van der Waals surface area (Å²) in [7, 11) is 1.12. The van der Waals surface area contributed by atoms with Gasteiger partial charge in [-0.1, -0.05) is 17.7 Å². The van der Waals surface area contributed by atoms with Crippen LogP contribution in [0.15, 0.2) is 52.3 Å². The van der Waals surface area contributed by atoms with Crippen LogP contribution < -0.4 is 11.0 Å². The number of phenols is 3. The minimum Gasteiger partial charge on any atom is -0.507 e. The lowest BCUT2D eigenvalue weighted by Crippen LogP contribution is -2.36. The molecule has 0 unspecified atom stereocenters. The van der Waals surface area contributed by atoms with Crippen LogP contribution >= 0.6 is 11.6 Å². The fourth-order valence-electron chi connectivity index (χ4n) is 6.59. The number of aryl methyl sites for hydroxylation is 1. The Balaban J connectivity index is 1.30. The molecule has 1 atom stereocenters. The molecule has 3 aliphatic rings. The van der Waals surface area contributed by atoms with Crippen LogP contribution in [0.2, 0.25) is 5.02 Å². The molecule has 3 aliphatic carbocycles. The predicted octanol–water partition coefficient (Wildman–Crippen LogP) is 2.63. The number of ketones is 4. The summed E-state index contributed by atoms with van der Waals surface area (Å²) < 4.78 is 4.91. The number of aromatic nitrogens is 2. The third-order valence-electron chi connectivity index (χ3n) is 8.60. The number of rotatable bonds is 4. The monoisotopic (exact) mass is 654 g/mol. The van der Waals surface area contributed by atoms with Gasteiger partial charge in [-0.25, -0.2) is 5.43 Å². The summed E-state index contributed by atoms with van der Waals surface area (Å²) in [5, 5.41) is 37.8. The number of hydrogen-bond acceptors (Lipinski definition) is 12. The van der Waals surface area contributed by atoms with Gasteiger partial charge in [0.05, 0.1) is 57.2 Å². The highest BCUT2D eigenvalue weighted by Gasteiger charge is 2.61. The largest absolute Gasteiger partial charge is 0.507 e. The Hall–Kier alpha value is -6.15. The summed E-state index contributed by atoms with van der Waals surface area (Å²) in [6.07, 6.45) is 4.45. The Morgan fingerprint density at radius 3 is 2.38 bits per heavy atom. The lowest BCUT2D eigenvalue weighted by molar-refractivity contribution is 0.0790. The van der Waals surface area contributed by atoms with E-state index in [0.717, 1.165) is 19.4 Å². The smallest absolute Gasteiger partial charge is 0.272 e. The molecule has 2 aromatic heterocycles. The van der Waals surface area contributed by atoms with Crippen LogP contribution in [0.5, 0.6) is 17.2 Å². The highest BCUT2D eigenvalue weighted by Crippen LogP contribution is 2.57. The van der Waals surface area contributed by atoms with Crippen LogP contribution in [0, 0.1) is 0 Å². The third-order valence-corrected chi connectivity index (χ3v) is 8.80. The summed E-state index contributed by atoms with van der Waals surface area (Å²) in [6.45, 7) is 0. The van der Waals surface area contributed by atoms with Crippen molar-refractivity contribution >= 4 is 57.6 Å². The molecular weight excluding hydrogens is 636 g/mol. The molecule has 0 aliphatic heterocycles. The number of ether oxygens (including phenoxy) is 1. The molecule has 0 bridgehead atoms. The van der Waals surface area contributed by atoms with E-state index < -0.39 is 85.3 Å². The number of fused-ring (bicyclic) bond motifs is 5. The molecule has 0 saturated carbocycles. The number of hydrogen-bond donors (Lipinski definition) is 5. The van der Waals surface area contributed by atoms with Crippen LogP contribution in [0.1, 0.15) is 75.0 Å². The molecule has 1 amide bonds. The number of nitrogens with one attached hydrogen (secondary N) is 2. The number of methoxy groups -OCH3 is 1. The van der Waals surface area contributed by atoms with E-state index in [1.165, 1.54) is 30.6 Å². The van der Waals surface area contributed by atoms with E-state index in [4.69, 9.17) is 16.3 Å². The number of aromatic hydroxyl groups is 3. The topological polar surface area (TPSA) is 225 Å². The number of benzene rings is 2. The summed E-state index contributed by atoms with van der Waals surface area (Å²) >= 11 is 5.85. The van der Waals surface area contributed by atoms with Crippen molar-refractivity contribution in [2.45, 2.75) is 18.3 Å². The second kappa shape index (κ2) is 10.2. The number of halogens is 1. The molecule has 0 saturated heterocycles. The average molecular weight is 655 g/mol. The average Bonchev–Trinajstić information content (AvgIpc) is 3.52. The van der Waals surface area contributed by atoms with Gasteiger partial charge in [0.25, 0.3) is 11.5 Å². The van der Waals surface area contributed by atoms with Crippen LogP contribution in [0.4, 0.5) is 0 Å². The minimum atomic E-state index is -2.16. The fraction of sp³-hybridized carbons (Fsp3) is 0.125. The normalized spacial score (nSPS) is 18.1. The SMILES string of the molecule is COC1=CC(=O)c2c(O)c3c(c(O)c2C1=O)C(=O)[C@]1(CCc2cc4cc(/C=N/NC(=O)c5cncc(Cl)c5)[nH]c(=O)c4c(O)c21)C3=O. The second-order valence-corrected chi connectivity index (χ2v) is 11.5. The standard InChI is InChI=1S/C32H19ClN4O10/c1-47-17-7-16(38)19-20(24(17)39)26(41)22-21(25(19)40)28(43)32(29(22)44)3-2-11-4-12-6-15(36-31(46)18(12)27(42)23(11)32)10-35-37-30(45)13-5-14(33)9-34-8-13/h4-10,40-42H,2-3H2,1H3,(H,36,46)(H,37,45)/b35-10+/t32-/m0/s1. The molecule has 2 heterocycles. The van der Waals surface area contributed by atoms with Crippen LogP contribution in [0.25, 0.3) is 10.8 Å². The van der Waals surface area contributed by atoms with Crippen molar-refractivity contribution in [3.05, 3.63) is 102 Å². The van der Waals surface area contributed by atoms with E-state index >= 15 is 0 Å². The molecule has 234 valence electrons. The van der Waals surface area contributed by atoms with E-state index in [9.17, 15) is 44.1 Å². The molecule has 7 rings (SSSR count). The van der Waals surface area contributed by atoms with Crippen molar-refractivity contribution in [2.24, 2.45) is 5.10 Å². The number of Topliss-reactive ketones (excluding diaryl/α,β-unsaturated/α-hetero) is 3. The first-order valence-electron chi connectivity index (χ1n) is 13.8. The molecule has 2 aromatic carbocycles. The van der Waals surface area contributed by atoms with Gasteiger partial charge < -0.3 is 25.0 Å². The van der Waals surface area contributed by atoms with Crippen molar-refractivity contribution in [1.29, 1.82) is 0 Å². The summed E-state index contributed by atoms with van der Waals surface area (Å²) in [6, 6.07) is 4.35. The molecule has 0 fully saturated rings. The number of nitrogens with zero attached hydrogens (tertiary/aromatic N) is 2. The Morgan fingerprint density at radius 1 is 1.00 bits per heavy atom. The Morgan fingerprint density at radius 2 is 1.70 bits per heavy atom. The highest BCUT2D eigenvalue weighted by atomic mass is 35.5. The van der Waals surface area contributed by atoms with Gasteiger partial charge in [0.1, 0.15) is 22.7 Å². The first-order valence-corrected chi connectivity index (χ1v) is 14.2. The quantitative estimate of drug-likeness (QED) is 0.0930. The second-order valence-electron chi connectivity index (χ2n) is 11.0. The van der Waals surface area contributed by atoms with Crippen molar-refractivity contribution in [3.63, 3.8) is 0 Å². The maximum atomic E-state index is 14.1. The maximum absolute atomic E-state index is 14.1. The Labute approximate surface area is 267 Å². The van der Waals surface area contributed by atoms with Gasteiger partial charge in [0.15, 0.2) is 23.1 Å². The third kappa shape index (κ3) is 3.97. The lowest BCUT2D eigenvalue weighted by Gasteiger charge is -2.22. The molecular formula is C32H19ClN4O10. The van der Waals surface area contributed by atoms with Gasteiger partial charge in [-0.15, -0.1) is 0 Å². The first kappa shape index (κ1) is 29.6. The number of allylic oxidation sites excluding steroid dienone is 2. The van der Waals surface area contributed by atoms with Crippen LogP contribution in [0.3, 0.4) is 0 Å². The molecule has 4 aromatic rings. The van der Waals surface area contributed by atoms with Crippen LogP contribution in [-0.4, -0.2) is 67.7 Å². The first-order chi connectivity index (χ1) is 22.4. The van der Waals surface area contributed by atoms with E-state index in [1.807, 2.05) is 0 Å². The minimum absolute atomic E-state index is 0.0682. The number of carbonyl (C=O) groups excluding carboxylic acids is 5. The zero-order valence-corrected chi connectivity index (χ0v) is 24.7. The predicted molar refractivity (Wildman–Crippen MR) is 163 cm³/mol. The summed E-state index contributed by atoms with van der Waals surface area (Å²) in [5.41, 5.74) is -2.95. The number of hydrazone groups is 1. The molecule has 47 heavy (non-hydrogen) atoms. The van der Waals surface area contributed by atoms with Crippen molar-refractivity contribution < 1.29 is 44.0 Å². The van der Waals surface area contributed by atoms with E-state index in [-0.39, 0.29) is 45.5 Å². The van der Waals surface area contributed by atoms with Crippen LogP contribution in [-0.2, 0) is 16.6 Å². The number of carbonyl (C=O) groups is 5. The molecule has 15 heteroatoms. The number of aromatic amines is 1. The fourth-order valence-corrected chi connectivity index (χ4v) is 6.76. The van der Waals surface area contributed by atoms with Crippen molar-refractivity contribution in [2.75, 3.05) is 7.11 Å². The van der Waals surface area contributed by atoms with Gasteiger partial charge in [-0.05, 0) is 35.9 Å². The maximum Gasteiger partial charge on any atom is 0.272 e. The van der Waals surface area contributed by atoms with Gasteiger partial charge >= 0.3 is 0 Å². The van der Waals surface area contributed by atoms with E-state index in [1.54, 1.807) is 0 Å². The van der Waals surface area contributed by atoms with Gasteiger partial charge in [-0.2, -0.15) is 5.10 Å². The Kier molecular flexibility index (Phi) is 6.40. The zero-order valence-electron chi connectivity index (χ0n) is 23.9. The highest BCUT2D eigenvalue weighted by molar-refractivity contribution is 6.39. The van der Waals surface area contributed by atoms with E-state index in [0.29, 0.717) is 5.56 Å². The van der Waals surface area contributed by atoms with Gasteiger partial charge in [-0.3, -0.25) is 33.8 Å². The number of pyridine rings is 2. The van der Waals surface area contributed by atoms with Gasteiger partial charge in [0.2, 0.25) is 5.78 Å². The number of H-pyrrole nitrogens is 1. The zero-order chi connectivity index (χ0) is 33.5. The molecule has 14 nitrogen and oxygen atoms in total.